The smallest absolute Gasteiger partial charge is 0.220 e. The molecule has 0 bridgehead atoms. The number of carbonyl (C=O) groups excluding carboxylic acids is 1. The summed E-state index contributed by atoms with van der Waals surface area (Å²) in [5.74, 6) is 0.561. The maximum absolute atomic E-state index is 11.2. The average Bonchev–Trinajstić information content (AvgIpc) is 2.25. The maximum atomic E-state index is 11.2. The molecule has 1 amide bonds. The molecule has 0 radical (unpaired) electrons. The third-order valence-corrected chi connectivity index (χ3v) is 2.57. The maximum Gasteiger partial charge on any atom is 0.220 e. The highest BCUT2D eigenvalue weighted by Crippen LogP contribution is 2.16. The normalized spacial score (nSPS) is 21.9. The van der Waals surface area contributed by atoms with Gasteiger partial charge in [-0.25, -0.2) is 0 Å². The summed E-state index contributed by atoms with van der Waals surface area (Å²) in [6, 6.07) is 0. The van der Waals surface area contributed by atoms with E-state index in [9.17, 15) is 4.79 Å². The quantitative estimate of drug-likeness (QED) is 0.715. The zero-order valence-electron chi connectivity index (χ0n) is 8.43. The van der Waals surface area contributed by atoms with Gasteiger partial charge in [0.05, 0.1) is 6.10 Å². The Labute approximate surface area is 90.1 Å². The molecule has 14 heavy (non-hydrogen) atoms. The Morgan fingerprint density at radius 1 is 1.50 bits per heavy atom. The monoisotopic (exact) mass is 219 g/mol. The summed E-state index contributed by atoms with van der Waals surface area (Å²) in [7, 11) is 0. The molecular formula is C10H18ClNO2. The van der Waals surface area contributed by atoms with Crippen LogP contribution in [0.25, 0.3) is 0 Å². The lowest BCUT2D eigenvalue weighted by Crippen LogP contribution is -2.27. The summed E-state index contributed by atoms with van der Waals surface area (Å²) in [5, 5.41) is 2.75. The molecule has 0 aromatic heterocycles. The minimum Gasteiger partial charge on any atom is -0.378 e. The minimum absolute atomic E-state index is 0.0832. The number of hydrogen-bond acceptors (Lipinski definition) is 2. The second-order valence-corrected chi connectivity index (χ2v) is 3.94. The van der Waals surface area contributed by atoms with Crippen molar-refractivity contribution in [2.75, 3.05) is 19.0 Å². The molecule has 1 atom stereocenters. The molecule has 1 aliphatic heterocycles. The van der Waals surface area contributed by atoms with E-state index >= 15 is 0 Å². The number of amides is 1. The predicted molar refractivity (Wildman–Crippen MR) is 56.6 cm³/mol. The van der Waals surface area contributed by atoms with Crippen molar-refractivity contribution >= 4 is 17.5 Å². The van der Waals surface area contributed by atoms with Crippen molar-refractivity contribution in [1.29, 1.82) is 0 Å². The Hall–Kier alpha value is -0.280. The summed E-state index contributed by atoms with van der Waals surface area (Å²) in [4.78, 5) is 11.2. The minimum atomic E-state index is 0.0832. The number of nitrogens with one attached hydrogen (secondary N) is 1. The van der Waals surface area contributed by atoms with E-state index in [1.54, 1.807) is 0 Å². The molecule has 3 nitrogen and oxygen atoms in total. The fourth-order valence-corrected chi connectivity index (χ4v) is 1.70. The van der Waals surface area contributed by atoms with Gasteiger partial charge in [0, 0.05) is 25.5 Å². The predicted octanol–water partition coefficient (Wildman–Crippen LogP) is 1.69. The van der Waals surface area contributed by atoms with Gasteiger partial charge in [0.25, 0.3) is 0 Å². The van der Waals surface area contributed by atoms with E-state index in [0.717, 1.165) is 25.9 Å². The van der Waals surface area contributed by atoms with Crippen molar-refractivity contribution in [3.63, 3.8) is 0 Å². The Balaban J connectivity index is 2.03. The highest BCUT2D eigenvalue weighted by atomic mass is 35.5. The van der Waals surface area contributed by atoms with Crippen LogP contribution in [0, 0.1) is 0 Å². The number of rotatable bonds is 5. The van der Waals surface area contributed by atoms with Crippen LogP contribution in [0.15, 0.2) is 0 Å². The fraction of sp³-hybridized carbons (Fsp3) is 0.900. The van der Waals surface area contributed by atoms with Crippen LogP contribution < -0.4 is 5.32 Å². The molecule has 0 saturated carbocycles. The van der Waals surface area contributed by atoms with Crippen LogP contribution in [0.3, 0.4) is 0 Å². The van der Waals surface area contributed by atoms with Crippen LogP contribution in [0.4, 0.5) is 0 Å². The van der Waals surface area contributed by atoms with E-state index < -0.39 is 0 Å². The number of alkyl halides is 1. The fourth-order valence-electron chi connectivity index (χ4n) is 1.60. The Kier molecular flexibility index (Phi) is 5.96. The third-order valence-electron chi connectivity index (χ3n) is 2.38. The van der Waals surface area contributed by atoms with Crippen molar-refractivity contribution in [2.24, 2.45) is 0 Å². The van der Waals surface area contributed by atoms with Gasteiger partial charge in [-0.15, -0.1) is 11.6 Å². The standard InChI is InChI=1S/C10H18ClNO2/c11-6-7-12-10(13)5-4-9-3-1-2-8-14-9/h9H,1-8H2,(H,12,13). The van der Waals surface area contributed by atoms with Gasteiger partial charge >= 0.3 is 0 Å². The summed E-state index contributed by atoms with van der Waals surface area (Å²) in [5.41, 5.74) is 0. The molecule has 0 aromatic rings. The first-order chi connectivity index (χ1) is 6.83. The third kappa shape index (κ3) is 4.82. The van der Waals surface area contributed by atoms with Crippen molar-refractivity contribution in [2.45, 2.75) is 38.2 Å². The van der Waals surface area contributed by atoms with Gasteiger partial charge in [0.15, 0.2) is 0 Å². The molecule has 1 saturated heterocycles. The van der Waals surface area contributed by atoms with Gasteiger partial charge in [-0.3, -0.25) is 4.79 Å². The zero-order chi connectivity index (χ0) is 10.2. The van der Waals surface area contributed by atoms with E-state index in [1.807, 2.05) is 0 Å². The first-order valence-corrected chi connectivity index (χ1v) is 5.80. The van der Waals surface area contributed by atoms with E-state index in [1.165, 1.54) is 6.42 Å². The molecule has 1 unspecified atom stereocenters. The van der Waals surface area contributed by atoms with Gasteiger partial charge in [0.1, 0.15) is 0 Å². The van der Waals surface area contributed by atoms with Crippen molar-refractivity contribution in [1.82, 2.24) is 5.32 Å². The zero-order valence-corrected chi connectivity index (χ0v) is 9.18. The summed E-state index contributed by atoms with van der Waals surface area (Å²) in [6.45, 7) is 1.42. The van der Waals surface area contributed by atoms with Crippen LogP contribution in [0.5, 0.6) is 0 Å². The molecule has 82 valence electrons. The second-order valence-electron chi connectivity index (χ2n) is 3.57. The first-order valence-electron chi connectivity index (χ1n) is 5.27. The number of ether oxygens (including phenoxy) is 1. The molecule has 1 aliphatic rings. The van der Waals surface area contributed by atoms with E-state index in [0.29, 0.717) is 24.9 Å². The van der Waals surface area contributed by atoms with Crippen molar-refractivity contribution in [3.8, 4) is 0 Å². The average molecular weight is 220 g/mol. The van der Waals surface area contributed by atoms with Gasteiger partial charge < -0.3 is 10.1 Å². The van der Waals surface area contributed by atoms with Crippen LogP contribution >= 0.6 is 11.6 Å². The molecule has 1 fully saturated rings. The van der Waals surface area contributed by atoms with Crippen molar-refractivity contribution < 1.29 is 9.53 Å². The molecule has 1 N–H and O–H groups in total. The van der Waals surface area contributed by atoms with Crippen LogP contribution in [0.2, 0.25) is 0 Å². The van der Waals surface area contributed by atoms with Crippen LogP contribution in [-0.2, 0) is 9.53 Å². The molecule has 1 heterocycles. The lowest BCUT2D eigenvalue weighted by atomic mass is 10.0. The lowest BCUT2D eigenvalue weighted by Gasteiger charge is -2.22. The molecule has 0 aliphatic carbocycles. The summed E-state index contributed by atoms with van der Waals surface area (Å²) >= 11 is 5.46. The Bertz CT molecular complexity index is 170. The van der Waals surface area contributed by atoms with Crippen molar-refractivity contribution in [3.05, 3.63) is 0 Å². The number of carbonyl (C=O) groups is 1. The largest absolute Gasteiger partial charge is 0.378 e. The lowest BCUT2D eigenvalue weighted by molar-refractivity contribution is -0.122. The number of hydrogen-bond donors (Lipinski definition) is 1. The summed E-state index contributed by atoms with van der Waals surface area (Å²) in [6.07, 6.45) is 5.19. The van der Waals surface area contributed by atoms with Gasteiger partial charge in [-0.05, 0) is 25.7 Å². The molecule has 0 aromatic carbocycles. The van der Waals surface area contributed by atoms with E-state index in [-0.39, 0.29) is 5.91 Å². The molecular weight excluding hydrogens is 202 g/mol. The Morgan fingerprint density at radius 2 is 2.36 bits per heavy atom. The van der Waals surface area contributed by atoms with Gasteiger partial charge in [0.2, 0.25) is 5.91 Å². The molecule has 4 heteroatoms. The van der Waals surface area contributed by atoms with Gasteiger partial charge in [-0.2, -0.15) is 0 Å². The topological polar surface area (TPSA) is 38.3 Å². The number of halogens is 1. The van der Waals surface area contributed by atoms with Gasteiger partial charge in [-0.1, -0.05) is 0 Å². The molecule has 0 spiro atoms. The highest BCUT2D eigenvalue weighted by Gasteiger charge is 2.14. The van der Waals surface area contributed by atoms with E-state index in [4.69, 9.17) is 16.3 Å². The van der Waals surface area contributed by atoms with E-state index in [2.05, 4.69) is 5.32 Å². The first kappa shape index (κ1) is 11.8. The molecule has 1 rings (SSSR count). The SMILES string of the molecule is O=C(CCC1CCCCO1)NCCCl. The van der Waals surface area contributed by atoms with Crippen LogP contribution in [0.1, 0.15) is 32.1 Å². The summed E-state index contributed by atoms with van der Waals surface area (Å²) < 4.78 is 5.53. The second kappa shape index (κ2) is 7.07. The Morgan fingerprint density at radius 3 is 3.00 bits per heavy atom. The van der Waals surface area contributed by atoms with Crippen LogP contribution in [-0.4, -0.2) is 31.0 Å². The highest BCUT2D eigenvalue weighted by molar-refractivity contribution is 6.18.